The van der Waals surface area contributed by atoms with Crippen LogP contribution in [-0.2, 0) is 4.79 Å². The molecule has 0 radical (unpaired) electrons. The maximum Gasteiger partial charge on any atom is 0.236 e. The summed E-state index contributed by atoms with van der Waals surface area (Å²) in [6.07, 6.45) is 3.55. The summed E-state index contributed by atoms with van der Waals surface area (Å²) in [6, 6.07) is 9.74. The van der Waals surface area contributed by atoms with Crippen molar-refractivity contribution in [2.75, 3.05) is 17.3 Å². The summed E-state index contributed by atoms with van der Waals surface area (Å²) >= 11 is 4.16. The van der Waals surface area contributed by atoms with Crippen molar-refractivity contribution in [2.24, 2.45) is 0 Å². The molecule has 7 nitrogen and oxygen atoms in total. The fourth-order valence-electron chi connectivity index (χ4n) is 1.72. The van der Waals surface area contributed by atoms with Crippen molar-refractivity contribution in [2.45, 2.75) is 9.50 Å². The van der Waals surface area contributed by atoms with Crippen LogP contribution in [0.3, 0.4) is 0 Å². The van der Waals surface area contributed by atoms with Crippen LogP contribution in [0.5, 0.6) is 0 Å². The van der Waals surface area contributed by atoms with Gasteiger partial charge in [-0.1, -0.05) is 53.1 Å². The Hall–Kier alpha value is -1.91. The molecule has 0 saturated heterocycles. The Balaban J connectivity index is 1.60. The molecule has 0 aliphatic rings. The Kier molecular flexibility index (Phi) is 5.26. The highest BCUT2D eigenvalue weighted by molar-refractivity contribution is 8.00. The van der Waals surface area contributed by atoms with E-state index in [1.807, 2.05) is 41.2 Å². The summed E-state index contributed by atoms with van der Waals surface area (Å²) in [4.78, 5) is 12.0. The maximum atomic E-state index is 12.0. The van der Waals surface area contributed by atoms with Gasteiger partial charge in [-0.05, 0) is 18.4 Å². The number of nitrogens with one attached hydrogen (secondary N) is 1. The van der Waals surface area contributed by atoms with E-state index >= 15 is 0 Å². The number of hydrogen-bond acceptors (Lipinski definition) is 8. The number of carbonyl (C=O) groups excluding carboxylic acids is 1. The number of rotatable bonds is 6. The molecule has 0 aliphatic carbocycles. The zero-order chi connectivity index (χ0) is 16.1. The lowest BCUT2D eigenvalue weighted by atomic mass is 10.3. The van der Waals surface area contributed by atoms with Crippen molar-refractivity contribution in [3.05, 3.63) is 36.7 Å². The molecule has 1 amide bonds. The highest BCUT2D eigenvalue weighted by Gasteiger charge is 2.12. The third kappa shape index (κ3) is 4.09. The lowest BCUT2D eigenvalue weighted by Crippen LogP contribution is -2.14. The number of benzene rings is 1. The molecule has 3 aromatic rings. The van der Waals surface area contributed by atoms with Crippen molar-refractivity contribution in [3.8, 4) is 5.69 Å². The fraction of sp³-hybridized carbons (Fsp3) is 0.154. The van der Waals surface area contributed by atoms with Crippen LogP contribution in [0.4, 0.5) is 5.13 Å². The van der Waals surface area contributed by atoms with E-state index in [2.05, 4.69) is 25.7 Å². The van der Waals surface area contributed by atoms with Gasteiger partial charge in [0.05, 0.1) is 5.75 Å². The van der Waals surface area contributed by atoms with Gasteiger partial charge in [0.25, 0.3) is 0 Å². The molecule has 2 heterocycles. The number of amides is 1. The minimum atomic E-state index is -0.151. The molecule has 0 unspecified atom stereocenters. The van der Waals surface area contributed by atoms with Gasteiger partial charge < -0.3 is 0 Å². The van der Waals surface area contributed by atoms with Gasteiger partial charge in [-0.3, -0.25) is 14.7 Å². The molecule has 0 fully saturated rings. The minimum absolute atomic E-state index is 0.151. The second-order valence-electron chi connectivity index (χ2n) is 4.23. The number of para-hydroxylation sites is 1. The lowest BCUT2D eigenvalue weighted by Gasteiger charge is -2.05. The van der Waals surface area contributed by atoms with Gasteiger partial charge >= 0.3 is 0 Å². The quantitative estimate of drug-likeness (QED) is 0.531. The maximum absolute atomic E-state index is 12.0. The van der Waals surface area contributed by atoms with Crippen LogP contribution in [0.25, 0.3) is 5.69 Å². The summed E-state index contributed by atoms with van der Waals surface area (Å²) < 4.78 is 2.66. The Bertz CT molecular complexity index is 788. The number of carbonyl (C=O) groups is 1. The van der Waals surface area contributed by atoms with Gasteiger partial charge in [0.15, 0.2) is 9.50 Å². The van der Waals surface area contributed by atoms with E-state index in [9.17, 15) is 4.79 Å². The summed E-state index contributed by atoms with van der Waals surface area (Å²) in [5.74, 6) is 0.0705. The average Bonchev–Trinajstić information content (AvgIpc) is 3.22. The zero-order valence-electron chi connectivity index (χ0n) is 12.0. The number of thioether (sulfide) groups is 2. The number of nitrogens with zero attached hydrogens (tertiary/aromatic N) is 5. The van der Waals surface area contributed by atoms with Gasteiger partial charge in [-0.2, -0.15) is 0 Å². The van der Waals surface area contributed by atoms with E-state index in [0.29, 0.717) is 10.3 Å². The second-order valence-corrected chi connectivity index (χ2v) is 7.21. The monoisotopic (exact) mass is 364 g/mol. The predicted octanol–water partition coefficient (Wildman–Crippen LogP) is 2.57. The first-order chi connectivity index (χ1) is 11.3. The van der Waals surface area contributed by atoms with Crippen LogP contribution < -0.4 is 5.32 Å². The Morgan fingerprint density at radius 1 is 1.26 bits per heavy atom. The van der Waals surface area contributed by atoms with Crippen LogP contribution in [0.1, 0.15) is 0 Å². The molecule has 1 N–H and O–H groups in total. The van der Waals surface area contributed by atoms with Gasteiger partial charge in [0.2, 0.25) is 11.0 Å². The first-order valence-electron chi connectivity index (χ1n) is 6.52. The standard InChI is InChI=1S/C13H12N6OS3/c1-21-13-18-16-11(23-13)15-10(20)7-22-12-17-14-8-19(12)9-5-3-2-4-6-9/h2-6,8H,7H2,1H3,(H,15,16,20). The molecule has 3 rings (SSSR count). The molecule has 0 saturated carbocycles. The first-order valence-corrected chi connectivity index (χ1v) is 9.54. The molecule has 10 heteroatoms. The molecule has 1 aromatic carbocycles. The van der Waals surface area contributed by atoms with Gasteiger partial charge in [0.1, 0.15) is 6.33 Å². The van der Waals surface area contributed by atoms with Crippen LogP contribution in [0, 0.1) is 0 Å². The van der Waals surface area contributed by atoms with E-state index in [0.717, 1.165) is 10.0 Å². The highest BCUT2D eigenvalue weighted by atomic mass is 32.2. The van der Waals surface area contributed by atoms with Crippen molar-refractivity contribution < 1.29 is 4.79 Å². The summed E-state index contributed by atoms with van der Waals surface area (Å²) in [5, 5.41) is 19.7. The number of aromatic nitrogens is 5. The molecule has 118 valence electrons. The summed E-state index contributed by atoms with van der Waals surface area (Å²) in [6.45, 7) is 0. The molecule has 2 aromatic heterocycles. The Morgan fingerprint density at radius 3 is 2.83 bits per heavy atom. The molecular weight excluding hydrogens is 352 g/mol. The molecule has 0 aliphatic heterocycles. The highest BCUT2D eigenvalue weighted by Crippen LogP contribution is 2.24. The topological polar surface area (TPSA) is 85.6 Å². The number of anilines is 1. The largest absolute Gasteiger partial charge is 0.300 e. The van der Waals surface area contributed by atoms with Crippen LogP contribution in [-0.4, -0.2) is 42.9 Å². The smallest absolute Gasteiger partial charge is 0.236 e. The fourth-order valence-corrected chi connectivity index (χ4v) is 3.63. The minimum Gasteiger partial charge on any atom is -0.300 e. The summed E-state index contributed by atoms with van der Waals surface area (Å²) in [5.41, 5.74) is 0.953. The van der Waals surface area contributed by atoms with Crippen LogP contribution in [0.15, 0.2) is 46.2 Å². The van der Waals surface area contributed by atoms with Gasteiger partial charge in [-0.15, -0.1) is 20.4 Å². The molecular formula is C13H12N6OS3. The normalized spacial score (nSPS) is 10.7. The third-order valence-electron chi connectivity index (χ3n) is 2.71. The van der Waals surface area contributed by atoms with Crippen LogP contribution >= 0.6 is 34.9 Å². The third-order valence-corrected chi connectivity index (χ3v) is 5.47. The Morgan fingerprint density at radius 2 is 2.09 bits per heavy atom. The Labute approximate surface area is 144 Å². The molecule has 0 spiro atoms. The SMILES string of the molecule is CSc1nnc(NC(=O)CSc2nncn2-c2ccccc2)s1. The van der Waals surface area contributed by atoms with E-state index in [4.69, 9.17) is 0 Å². The van der Waals surface area contributed by atoms with Crippen LogP contribution in [0.2, 0.25) is 0 Å². The average molecular weight is 364 g/mol. The second kappa shape index (κ2) is 7.57. The van der Waals surface area contributed by atoms with Gasteiger partial charge in [0, 0.05) is 5.69 Å². The van der Waals surface area contributed by atoms with E-state index in [-0.39, 0.29) is 11.7 Å². The van der Waals surface area contributed by atoms with Crippen molar-refractivity contribution >= 4 is 45.9 Å². The molecule has 0 bridgehead atoms. The molecule has 23 heavy (non-hydrogen) atoms. The van der Waals surface area contributed by atoms with Crippen molar-refractivity contribution in [3.63, 3.8) is 0 Å². The van der Waals surface area contributed by atoms with Crippen molar-refractivity contribution in [1.82, 2.24) is 25.0 Å². The number of hydrogen-bond donors (Lipinski definition) is 1. The van der Waals surface area contributed by atoms with E-state index < -0.39 is 0 Å². The lowest BCUT2D eigenvalue weighted by molar-refractivity contribution is -0.113. The van der Waals surface area contributed by atoms with Gasteiger partial charge in [-0.25, -0.2) is 0 Å². The van der Waals surface area contributed by atoms with Crippen molar-refractivity contribution in [1.29, 1.82) is 0 Å². The zero-order valence-corrected chi connectivity index (χ0v) is 14.5. The van der Waals surface area contributed by atoms with E-state index in [1.54, 1.807) is 6.33 Å². The summed E-state index contributed by atoms with van der Waals surface area (Å²) in [7, 11) is 0. The van der Waals surface area contributed by atoms with E-state index in [1.165, 1.54) is 34.9 Å². The molecule has 0 atom stereocenters. The predicted molar refractivity (Wildman–Crippen MR) is 92.4 cm³/mol. The first kappa shape index (κ1) is 16.0.